The van der Waals surface area contributed by atoms with Gasteiger partial charge in [0, 0.05) is 22.1 Å². The Kier molecular flexibility index (Phi) is 9.75. The highest BCUT2D eigenvalue weighted by atomic mass is 79.9. The van der Waals surface area contributed by atoms with Crippen molar-refractivity contribution < 1.29 is 18.0 Å². The van der Waals surface area contributed by atoms with Crippen molar-refractivity contribution in [2.75, 3.05) is 17.1 Å². The zero-order chi connectivity index (χ0) is 24.8. The lowest BCUT2D eigenvalue weighted by Crippen LogP contribution is -2.52. The van der Waals surface area contributed by atoms with Gasteiger partial charge in [0.25, 0.3) is 0 Å². The first-order valence-corrected chi connectivity index (χ1v) is 13.5. The normalized spacial score (nSPS) is 13.2. The third-order valence-corrected chi connectivity index (χ3v) is 7.09. The van der Waals surface area contributed by atoms with Crippen molar-refractivity contribution in [3.63, 3.8) is 0 Å². The first-order valence-electron chi connectivity index (χ1n) is 10.5. The summed E-state index contributed by atoms with van der Waals surface area (Å²) in [6.45, 7) is 5.18. The molecule has 0 radical (unpaired) electrons. The van der Waals surface area contributed by atoms with Gasteiger partial charge in [-0.2, -0.15) is 0 Å². The molecule has 33 heavy (non-hydrogen) atoms. The van der Waals surface area contributed by atoms with Gasteiger partial charge in [0.05, 0.1) is 11.9 Å². The van der Waals surface area contributed by atoms with Gasteiger partial charge in [-0.15, -0.1) is 0 Å². The Morgan fingerprint density at radius 1 is 1.12 bits per heavy atom. The van der Waals surface area contributed by atoms with E-state index in [9.17, 15) is 18.0 Å². The van der Waals surface area contributed by atoms with E-state index in [1.54, 1.807) is 19.1 Å². The standard InChI is InChI=1S/C23H29BrClN3O4S/c1-5-16(2)26-23(30)17(3)27(14-18-7-6-8-19(24)13-18)22(29)15-28(33(4,31)32)21-11-9-20(25)10-12-21/h6-13,16-17H,5,14-15H2,1-4H3,(H,26,30). The molecule has 1 N–H and O–H groups in total. The number of carbonyl (C=O) groups is 2. The number of sulfonamides is 1. The van der Waals surface area contributed by atoms with Crippen LogP contribution in [0.5, 0.6) is 0 Å². The molecule has 0 aliphatic rings. The molecule has 0 aromatic heterocycles. The van der Waals surface area contributed by atoms with Crippen molar-refractivity contribution in [1.82, 2.24) is 10.2 Å². The van der Waals surface area contributed by atoms with E-state index in [1.165, 1.54) is 17.0 Å². The van der Waals surface area contributed by atoms with Gasteiger partial charge in [-0.05, 0) is 62.2 Å². The number of nitrogens with one attached hydrogen (secondary N) is 1. The van der Waals surface area contributed by atoms with E-state index in [0.29, 0.717) is 10.7 Å². The third-order valence-electron chi connectivity index (χ3n) is 5.20. The number of benzene rings is 2. The maximum absolute atomic E-state index is 13.4. The minimum Gasteiger partial charge on any atom is -0.352 e. The van der Waals surface area contributed by atoms with Crippen molar-refractivity contribution in [3.05, 3.63) is 63.6 Å². The molecule has 0 saturated carbocycles. The molecule has 2 atom stereocenters. The summed E-state index contributed by atoms with van der Waals surface area (Å²) in [4.78, 5) is 27.7. The molecule has 2 amide bonds. The number of hydrogen-bond acceptors (Lipinski definition) is 4. The summed E-state index contributed by atoms with van der Waals surface area (Å²) in [5.74, 6) is -0.799. The number of anilines is 1. The van der Waals surface area contributed by atoms with Crippen LogP contribution in [0.1, 0.15) is 32.8 Å². The largest absolute Gasteiger partial charge is 0.352 e. The van der Waals surface area contributed by atoms with Gasteiger partial charge < -0.3 is 10.2 Å². The zero-order valence-corrected chi connectivity index (χ0v) is 22.2. The molecule has 2 aromatic carbocycles. The average Bonchev–Trinajstić information content (AvgIpc) is 2.75. The van der Waals surface area contributed by atoms with Crippen LogP contribution in [-0.2, 0) is 26.2 Å². The molecule has 0 aliphatic carbocycles. The fraction of sp³-hybridized carbons (Fsp3) is 0.391. The minimum absolute atomic E-state index is 0.0515. The van der Waals surface area contributed by atoms with Gasteiger partial charge in [0.2, 0.25) is 21.8 Å². The Hall–Kier alpha value is -2.10. The number of nitrogens with zero attached hydrogens (tertiary/aromatic N) is 2. The molecule has 0 spiro atoms. The fourth-order valence-corrected chi connectivity index (χ4v) is 4.52. The lowest BCUT2D eigenvalue weighted by atomic mass is 10.1. The van der Waals surface area contributed by atoms with Crippen molar-refractivity contribution in [3.8, 4) is 0 Å². The Labute approximate surface area is 209 Å². The third kappa shape index (κ3) is 8.01. The lowest BCUT2D eigenvalue weighted by molar-refractivity contribution is -0.139. The van der Waals surface area contributed by atoms with Gasteiger partial charge in [-0.3, -0.25) is 13.9 Å². The van der Waals surface area contributed by atoms with E-state index in [-0.39, 0.29) is 18.5 Å². The molecule has 2 rings (SSSR count). The summed E-state index contributed by atoms with van der Waals surface area (Å²) in [5.41, 5.74) is 1.12. The van der Waals surface area contributed by atoms with Gasteiger partial charge >= 0.3 is 0 Å². The molecule has 0 heterocycles. The van der Waals surface area contributed by atoms with E-state index in [0.717, 1.165) is 27.0 Å². The molecule has 2 aromatic rings. The zero-order valence-electron chi connectivity index (χ0n) is 19.1. The Morgan fingerprint density at radius 3 is 2.30 bits per heavy atom. The monoisotopic (exact) mass is 557 g/mol. The number of halogens is 2. The van der Waals surface area contributed by atoms with Crippen molar-refractivity contribution in [1.29, 1.82) is 0 Å². The smallest absolute Gasteiger partial charge is 0.244 e. The van der Waals surface area contributed by atoms with Crippen LogP contribution in [0.25, 0.3) is 0 Å². The van der Waals surface area contributed by atoms with E-state index in [1.807, 2.05) is 38.1 Å². The minimum atomic E-state index is -3.77. The molecular weight excluding hydrogens is 530 g/mol. The summed E-state index contributed by atoms with van der Waals surface area (Å²) in [5, 5.41) is 3.34. The van der Waals surface area contributed by atoms with Gasteiger partial charge in [-0.1, -0.05) is 46.6 Å². The number of carbonyl (C=O) groups excluding carboxylic acids is 2. The predicted octanol–water partition coefficient (Wildman–Crippen LogP) is 4.20. The van der Waals surface area contributed by atoms with Crippen LogP contribution in [0.4, 0.5) is 5.69 Å². The van der Waals surface area contributed by atoms with Crippen LogP contribution in [-0.4, -0.2) is 50.0 Å². The Balaban J connectivity index is 2.37. The summed E-state index contributed by atoms with van der Waals surface area (Å²) >= 11 is 9.35. The predicted molar refractivity (Wildman–Crippen MR) is 136 cm³/mol. The first kappa shape index (κ1) is 27.1. The molecule has 0 saturated heterocycles. The lowest BCUT2D eigenvalue weighted by Gasteiger charge is -2.32. The summed E-state index contributed by atoms with van der Waals surface area (Å²) in [6, 6.07) is 12.7. The average molecular weight is 559 g/mol. The van der Waals surface area contributed by atoms with E-state index < -0.39 is 28.5 Å². The summed E-state index contributed by atoms with van der Waals surface area (Å²) in [7, 11) is -3.77. The topological polar surface area (TPSA) is 86.8 Å². The summed E-state index contributed by atoms with van der Waals surface area (Å²) in [6.07, 6.45) is 1.78. The quantitative estimate of drug-likeness (QED) is 0.474. The molecule has 0 aliphatic heterocycles. The van der Waals surface area contributed by atoms with Crippen molar-refractivity contribution in [2.45, 2.75) is 45.8 Å². The second-order valence-corrected chi connectivity index (χ2v) is 11.2. The Morgan fingerprint density at radius 2 is 1.76 bits per heavy atom. The van der Waals surface area contributed by atoms with Crippen LogP contribution >= 0.6 is 27.5 Å². The SMILES string of the molecule is CCC(C)NC(=O)C(C)N(Cc1cccc(Br)c1)C(=O)CN(c1ccc(Cl)cc1)S(C)(=O)=O. The van der Waals surface area contributed by atoms with Gasteiger partial charge in [0.15, 0.2) is 0 Å². The highest BCUT2D eigenvalue weighted by Gasteiger charge is 2.30. The molecule has 7 nitrogen and oxygen atoms in total. The Bertz CT molecular complexity index is 1080. The number of amides is 2. The summed E-state index contributed by atoms with van der Waals surface area (Å²) < 4.78 is 26.9. The van der Waals surface area contributed by atoms with E-state index >= 15 is 0 Å². The molecule has 10 heteroatoms. The highest BCUT2D eigenvalue weighted by molar-refractivity contribution is 9.10. The number of rotatable bonds is 10. The fourth-order valence-electron chi connectivity index (χ4n) is 3.10. The molecular formula is C23H29BrClN3O4S. The molecule has 0 fully saturated rings. The number of hydrogen-bond donors (Lipinski definition) is 1. The maximum Gasteiger partial charge on any atom is 0.244 e. The van der Waals surface area contributed by atoms with Crippen molar-refractivity contribution in [2.24, 2.45) is 0 Å². The maximum atomic E-state index is 13.4. The van der Waals surface area contributed by atoms with Gasteiger partial charge in [0.1, 0.15) is 12.6 Å². The van der Waals surface area contributed by atoms with E-state index in [4.69, 9.17) is 11.6 Å². The van der Waals surface area contributed by atoms with Crippen LogP contribution < -0.4 is 9.62 Å². The first-order chi connectivity index (χ1) is 15.4. The second-order valence-electron chi connectivity index (χ2n) is 7.89. The van der Waals surface area contributed by atoms with Crippen LogP contribution in [0, 0.1) is 0 Å². The van der Waals surface area contributed by atoms with E-state index in [2.05, 4.69) is 21.2 Å². The molecule has 180 valence electrons. The van der Waals surface area contributed by atoms with Crippen LogP contribution in [0.2, 0.25) is 5.02 Å². The second kappa shape index (κ2) is 11.9. The molecule has 0 bridgehead atoms. The van der Waals surface area contributed by atoms with Gasteiger partial charge in [-0.25, -0.2) is 8.42 Å². The van der Waals surface area contributed by atoms with Crippen LogP contribution in [0.3, 0.4) is 0 Å². The van der Waals surface area contributed by atoms with Crippen LogP contribution in [0.15, 0.2) is 53.0 Å². The van der Waals surface area contributed by atoms with Crippen molar-refractivity contribution >= 4 is 55.1 Å². The highest BCUT2D eigenvalue weighted by Crippen LogP contribution is 2.22. The molecule has 2 unspecified atom stereocenters.